The summed E-state index contributed by atoms with van der Waals surface area (Å²) in [5.74, 6) is 0. The van der Waals surface area contributed by atoms with Gasteiger partial charge in [-0.15, -0.1) is 0 Å². The number of hydrogen-bond donors (Lipinski definition) is 2. The predicted molar refractivity (Wildman–Crippen MR) is 70.9 cm³/mol. The lowest BCUT2D eigenvalue weighted by molar-refractivity contribution is -0.138. The van der Waals surface area contributed by atoms with Crippen molar-refractivity contribution < 1.29 is 13.2 Å². The molecule has 0 saturated heterocycles. The van der Waals surface area contributed by atoms with E-state index in [-0.39, 0.29) is 17.6 Å². The summed E-state index contributed by atoms with van der Waals surface area (Å²) in [7, 11) is 0. The molecule has 1 aromatic rings. The van der Waals surface area contributed by atoms with E-state index in [0.29, 0.717) is 6.54 Å². The Morgan fingerprint density at radius 1 is 1.00 bits per heavy atom. The maximum Gasteiger partial charge on any atom is 0.416 e. The van der Waals surface area contributed by atoms with E-state index in [0.717, 1.165) is 12.6 Å². The van der Waals surface area contributed by atoms with E-state index < -0.39 is 11.7 Å². The SMILES string of the molecule is CC(C)(C)NCCNCc1ccccc1C(F)(F)F. The molecule has 19 heavy (non-hydrogen) atoms. The van der Waals surface area contributed by atoms with Crippen LogP contribution in [0.3, 0.4) is 0 Å². The van der Waals surface area contributed by atoms with Crippen molar-refractivity contribution in [3.05, 3.63) is 35.4 Å². The zero-order chi connectivity index (χ0) is 14.5. The van der Waals surface area contributed by atoms with Crippen LogP contribution in [0.15, 0.2) is 24.3 Å². The van der Waals surface area contributed by atoms with Crippen molar-refractivity contribution in [1.82, 2.24) is 10.6 Å². The lowest BCUT2D eigenvalue weighted by Crippen LogP contribution is -2.40. The summed E-state index contributed by atoms with van der Waals surface area (Å²) >= 11 is 0. The number of hydrogen-bond acceptors (Lipinski definition) is 2. The van der Waals surface area contributed by atoms with Crippen molar-refractivity contribution in [3.63, 3.8) is 0 Å². The van der Waals surface area contributed by atoms with E-state index in [9.17, 15) is 13.2 Å². The number of alkyl halides is 3. The topological polar surface area (TPSA) is 24.1 Å². The van der Waals surface area contributed by atoms with Crippen LogP contribution in [-0.4, -0.2) is 18.6 Å². The highest BCUT2D eigenvalue weighted by atomic mass is 19.4. The number of nitrogens with one attached hydrogen (secondary N) is 2. The molecule has 0 saturated carbocycles. The van der Waals surface area contributed by atoms with Crippen molar-refractivity contribution in [2.24, 2.45) is 0 Å². The van der Waals surface area contributed by atoms with E-state index >= 15 is 0 Å². The zero-order valence-corrected chi connectivity index (χ0v) is 11.6. The number of rotatable bonds is 5. The fourth-order valence-corrected chi connectivity index (χ4v) is 1.70. The molecular weight excluding hydrogens is 253 g/mol. The van der Waals surface area contributed by atoms with E-state index in [4.69, 9.17) is 0 Å². The largest absolute Gasteiger partial charge is 0.416 e. The van der Waals surface area contributed by atoms with Crippen molar-refractivity contribution in [2.75, 3.05) is 13.1 Å². The Labute approximate surface area is 112 Å². The van der Waals surface area contributed by atoms with E-state index in [1.54, 1.807) is 6.07 Å². The Morgan fingerprint density at radius 2 is 1.63 bits per heavy atom. The molecule has 0 spiro atoms. The van der Waals surface area contributed by atoms with Gasteiger partial charge in [0.15, 0.2) is 0 Å². The summed E-state index contributed by atoms with van der Waals surface area (Å²) in [5, 5.41) is 6.29. The second-order valence-electron chi connectivity index (χ2n) is 5.51. The minimum Gasteiger partial charge on any atom is -0.311 e. The number of halogens is 3. The number of benzene rings is 1. The van der Waals surface area contributed by atoms with Crippen LogP contribution in [0.5, 0.6) is 0 Å². The van der Waals surface area contributed by atoms with Crippen LogP contribution in [0.1, 0.15) is 31.9 Å². The molecule has 0 aliphatic carbocycles. The molecule has 2 N–H and O–H groups in total. The molecule has 108 valence electrons. The third-order valence-corrected chi connectivity index (χ3v) is 2.60. The molecule has 0 aliphatic rings. The van der Waals surface area contributed by atoms with E-state index in [1.165, 1.54) is 12.1 Å². The summed E-state index contributed by atoms with van der Waals surface area (Å²) in [6, 6.07) is 5.66. The Hall–Kier alpha value is -1.07. The van der Waals surface area contributed by atoms with Crippen molar-refractivity contribution >= 4 is 0 Å². The summed E-state index contributed by atoms with van der Waals surface area (Å²) in [4.78, 5) is 0. The van der Waals surface area contributed by atoms with Crippen molar-refractivity contribution in [3.8, 4) is 0 Å². The Balaban J connectivity index is 2.46. The summed E-state index contributed by atoms with van der Waals surface area (Å²) in [6.07, 6.45) is -4.29. The zero-order valence-electron chi connectivity index (χ0n) is 11.6. The van der Waals surface area contributed by atoms with Gasteiger partial charge < -0.3 is 10.6 Å². The van der Waals surface area contributed by atoms with Gasteiger partial charge in [0.25, 0.3) is 0 Å². The highest BCUT2D eigenvalue weighted by Gasteiger charge is 2.32. The fourth-order valence-electron chi connectivity index (χ4n) is 1.70. The Morgan fingerprint density at radius 3 is 2.21 bits per heavy atom. The molecular formula is C14H21F3N2. The van der Waals surface area contributed by atoms with Crippen LogP contribution < -0.4 is 10.6 Å². The molecule has 0 radical (unpaired) electrons. The average Bonchev–Trinajstić information content (AvgIpc) is 2.26. The second kappa shape index (κ2) is 6.39. The average molecular weight is 274 g/mol. The molecule has 0 bridgehead atoms. The Bertz CT molecular complexity index is 394. The third kappa shape index (κ3) is 6.07. The molecule has 1 rings (SSSR count). The fraction of sp³-hybridized carbons (Fsp3) is 0.571. The molecule has 0 fully saturated rings. The summed E-state index contributed by atoms with van der Waals surface area (Å²) < 4.78 is 38.2. The lowest BCUT2D eigenvalue weighted by atomic mass is 10.1. The van der Waals surface area contributed by atoms with Gasteiger partial charge in [-0.3, -0.25) is 0 Å². The Kier molecular flexibility index (Phi) is 5.38. The highest BCUT2D eigenvalue weighted by Crippen LogP contribution is 2.31. The first-order chi connectivity index (χ1) is 8.70. The molecule has 0 heterocycles. The molecule has 0 aliphatic heterocycles. The lowest BCUT2D eigenvalue weighted by Gasteiger charge is -2.20. The van der Waals surface area contributed by atoms with Gasteiger partial charge in [0.05, 0.1) is 5.56 Å². The van der Waals surface area contributed by atoms with Gasteiger partial charge in [0, 0.05) is 25.2 Å². The molecule has 5 heteroatoms. The van der Waals surface area contributed by atoms with Gasteiger partial charge >= 0.3 is 6.18 Å². The predicted octanol–water partition coefficient (Wildman–Crippen LogP) is 3.18. The van der Waals surface area contributed by atoms with Crippen LogP contribution >= 0.6 is 0 Å². The van der Waals surface area contributed by atoms with Gasteiger partial charge in [0.2, 0.25) is 0 Å². The normalized spacial score (nSPS) is 12.7. The minimum absolute atomic E-state index is 0.0194. The van der Waals surface area contributed by atoms with Gasteiger partial charge in [-0.1, -0.05) is 18.2 Å². The van der Waals surface area contributed by atoms with Gasteiger partial charge in [-0.05, 0) is 32.4 Å². The molecule has 1 aromatic carbocycles. The molecule has 0 unspecified atom stereocenters. The third-order valence-electron chi connectivity index (χ3n) is 2.60. The van der Waals surface area contributed by atoms with Crippen LogP contribution in [-0.2, 0) is 12.7 Å². The summed E-state index contributed by atoms with van der Waals surface area (Å²) in [6.45, 7) is 7.71. The maximum atomic E-state index is 12.7. The molecule has 0 atom stereocenters. The van der Waals surface area contributed by atoms with Crippen molar-refractivity contribution in [2.45, 2.75) is 39.0 Å². The van der Waals surface area contributed by atoms with Crippen LogP contribution in [0.25, 0.3) is 0 Å². The van der Waals surface area contributed by atoms with E-state index in [1.807, 2.05) is 20.8 Å². The van der Waals surface area contributed by atoms with Crippen LogP contribution in [0.4, 0.5) is 13.2 Å². The van der Waals surface area contributed by atoms with Crippen LogP contribution in [0.2, 0.25) is 0 Å². The smallest absolute Gasteiger partial charge is 0.311 e. The first kappa shape index (κ1) is 16.0. The minimum atomic E-state index is -4.29. The maximum absolute atomic E-state index is 12.7. The van der Waals surface area contributed by atoms with Crippen molar-refractivity contribution in [1.29, 1.82) is 0 Å². The highest BCUT2D eigenvalue weighted by molar-refractivity contribution is 5.29. The second-order valence-corrected chi connectivity index (χ2v) is 5.51. The van der Waals surface area contributed by atoms with Gasteiger partial charge in [0.1, 0.15) is 0 Å². The molecule has 0 amide bonds. The van der Waals surface area contributed by atoms with Crippen LogP contribution in [0, 0.1) is 0 Å². The summed E-state index contributed by atoms with van der Waals surface area (Å²) in [5.41, 5.74) is -0.261. The van der Waals surface area contributed by atoms with Gasteiger partial charge in [-0.25, -0.2) is 0 Å². The molecule has 0 aromatic heterocycles. The standard InChI is InChI=1S/C14H21F3N2/c1-13(2,3)19-9-8-18-10-11-6-4-5-7-12(11)14(15,16)17/h4-7,18-19H,8-10H2,1-3H3. The van der Waals surface area contributed by atoms with Gasteiger partial charge in [-0.2, -0.15) is 13.2 Å². The first-order valence-electron chi connectivity index (χ1n) is 6.31. The monoisotopic (exact) mass is 274 g/mol. The first-order valence-corrected chi connectivity index (χ1v) is 6.31. The van der Waals surface area contributed by atoms with E-state index in [2.05, 4.69) is 10.6 Å². The quantitative estimate of drug-likeness (QED) is 0.806. The molecule has 2 nitrogen and oxygen atoms in total.